The van der Waals surface area contributed by atoms with Gasteiger partial charge in [-0.2, -0.15) is 0 Å². The molecule has 0 bridgehead atoms. The molecule has 166 valence electrons. The Bertz CT molecular complexity index is 607. The molecule has 0 aromatic carbocycles. The largest absolute Gasteiger partial charge is 0.393 e. The second kappa shape index (κ2) is 7.99. The van der Waals surface area contributed by atoms with E-state index < -0.39 is 0 Å². The van der Waals surface area contributed by atoms with Crippen LogP contribution < -0.4 is 0 Å². The highest BCUT2D eigenvalue weighted by atomic mass is 16.3. The second-order valence-electron chi connectivity index (χ2n) is 12.8. The van der Waals surface area contributed by atoms with Crippen molar-refractivity contribution in [3.8, 4) is 0 Å². The summed E-state index contributed by atoms with van der Waals surface area (Å²) in [5.74, 6) is 6.68. The molecular formula is C28H48O. The summed E-state index contributed by atoms with van der Waals surface area (Å²) in [5, 5.41) is 10.3. The molecule has 0 heterocycles. The van der Waals surface area contributed by atoms with Crippen molar-refractivity contribution in [1.29, 1.82) is 0 Å². The average Bonchev–Trinajstić information content (AvgIpc) is 3.04. The first-order valence-electron chi connectivity index (χ1n) is 13.0. The van der Waals surface area contributed by atoms with Crippen molar-refractivity contribution in [2.75, 3.05) is 0 Å². The summed E-state index contributed by atoms with van der Waals surface area (Å²) in [6.07, 6.45) is 17.1. The summed E-state index contributed by atoms with van der Waals surface area (Å²) in [5.41, 5.74) is 1.11. The molecule has 4 aliphatic carbocycles. The van der Waals surface area contributed by atoms with E-state index in [1.165, 1.54) is 44.9 Å². The standard InChI is InChI=1S/C28H48O/c1-18(2)19(3)7-8-20(4)21-15-26-24-10-9-22-16-23(29)11-14-28(22,6)25(24)12-13-27(26,5)17-21/h7-8,18-26,29H,9-17H2,1-6H3/b8-7+/t19-,20-,21+,22+,23+,24-,25+,26+,27-,28+/m1/s1. The van der Waals surface area contributed by atoms with Gasteiger partial charge in [-0.3, -0.25) is 0 Å². The van der Waals surface area contributed by atoms with Gasteiger partial charge in [0, 0.05) is 0 Å². The minimum atomic E-state index is -0.0183. The molecule has 10 atom stereocenters. The van der Waals surface area contributed by atoms with Gasteiger partial charge in [0.25, 0.3) is 0 Å². The molecule has 0 unspecified atom stereocenters. The minimum absolute atomic E-state index is 0.0183. The van der Waals surface area contributed by atoms with Crippen LogP contribution in [0.1, 0.15) is 99.3 Å². The van der Waals surface area contributed by atoms with Crippen LogP contribution in [0.4, 0.5) is 0 Å². The maximum Gasteiger partial charge on any atom is 0.0543 e. The number of fused-ring (bicyclic) bond motifs is 5. The van der Waals surface area contributed by atoms with Crippen LogP contribution in [0.25, 0.3) is 0 Å². The summed E-state index contributed by atoms with van der Waals surface area (Å²) in [6.45, 7) is 14.8. The fourth-order valence-corrected chi connectivity index (χ4v) is 8.48. The molecule has 0 radical (unpaired) electrons. The van der Waals surface area contributed by atoms with E-state index >= 15 is 0 Å². The van der Waals surface area contributed by atoms with Crippen LogP contribution in [0.15, 0.2) is 12.2 Å². The molecular weight excluding hydrogens is 352 g/mol. The molecule has 29 heavy (non-hydrogen) atoms. The highest BCUT2D eigenvalue weighted by Gasteiger charge is 2.59. The van der Waals surface area contributed by atoms with E-state index in [1.54, 1.807) is 0 Å². The van der Waals surface area contributed by atoms with Crippen LogP contribution in [0.5, 0.6) is 0 Å². The predicted octanol–water partition coefficient (Wildman–Crippen LogP) is 7.49. The Hall–Kier alpha value is -0.300. The number of hydrogen-bond donors (Lipinski definition) is 1. The van der Waals surface area contributed by atoms with Crippen molar-refractivity contribution < 1.29 is 5.11 Å². The van der Waals surface area contributed by atoms with Gasteiger partial charge in [0.15, 0.2) is 0 Å². The van der Waals surface area contributed by atoms with Crippen LogP contribution in [-0.2, 0) is 0 Å². The first-order chi connectivity index (χ1) is 13.6. The van der Waals surface area contributed by atoms with Crippen molar-refractivity contribution in [3.05, 3.63) is 12.2 Å². The third kappa shape index (κ3) is 3.88. The van der Waals surface area contributed by atoms with E-state index in [2.05, 4.69) is 53.7 Å². The summed E-state index contributed by atoms with van der Waals surface area (Å²) >= 11 is 0. The third-order valence-corrected chi connectivity index (χ3v) is 11.0. The lowest BCUT2D eigenvalue weighted by molar-refractivity contribution is -0.120. The molecule has 0 spiro atoms. The maximum atomic E-state index is 10.3. The summed E-state index contributed by atoms with van der Waals surface area (Å²) < 4.78 is 0. The summed E-state index contributed by atoms with van der Waals surface area (Å²) in [4.78, 5) is 0. The lowest BCUT2D eigenvalue weighted by Gasteiger charge is -2.60. The molecule has 4 fully saturated rings. The SMILES string of the molecule is CC(C)[C@H](C)/C=C/[C@@H](C)[C@H]1C[C@H]2[C@@H]3CC[C@H]4C[C@@H](O)CC[C@]4(C)[C@H]3CC[C@]2(C)C1. The van der Waals surface area contributed by atoms with Crippen LogP contribution in [0, 0.1) is 58.2 Å². The first kappa shape index (κ1) is 21.9. The zero-order valence-corrected chi connectivity index (χ0v) is 20.2. The van der Waals surface area contributed by atoms with E-state index in [0.29, 0.717) is 16.7 Å². The van der Waals surface area contributed by atoms with Crippen LogP contribution in [0.3, 0.4) is 0 Å². The molecule has 1 heteroatoms. The summed E-state index contributed by atoms with van der Waals surface area (Å²) in [6, 6.07) is 0. The van der Waals surface area contributed by atoms with Gasteiger partial charge in [0.2, 0.25) is 0 Å². The topological polar surface area (TPSA) is 20.2 Å². The van der Waals surface area contributed by atoms with Gasteiger partial charge in [-0.25, -0.2) is 0 Å². The number of allylic oxidation sites excluding steroid dienone is 2. The highest BCUT2D eigenvalue weighted by molar-refractivity contribution is 5.10. The van der Waals surface area contributed by atoms with E-state index in [1.807, 2.05) is 0 Å². The van der Waals surface area contributed by atoms with E-state index in [9.17, 15) is 5.11 Å². The Kier molecular flexibility index (Phi) is 6.04. The molecule has 0 aliphatic heterocycles. The van der Waals surface area contributed by atoms with Gasteiger partial charge in [0.1, 0.15) is 0 Å². The quantitative estimate of drug-likeness (QED) is 0.485. The molecule has 0 amide bonds. The average molecular weight is 401 g/mol. The van der Waals surface area contributed by atoms with Crippen molar-refractivity contribution in [3.63, 3.8) is 0 Å². The number of rotatable bonds is 4. The monoisotopic (exact) mass is 400 g/mol. The molecule has 4 rings (SSSR count). The lowest BCUT2D eigenvalue weighted by atomic mass is 9.45. The van der Waals surface area contributed by atoms with Crippen molar-refractivity contribution in [2.45, 2.75) is 105 Å². The van der Waals surface area contributed by atoms with Gasteiger partial charge in [-0.05, 0) is 116 Å². The molecule has 0 saturated heterocycles. The Morgan fingerprint density at radius 1 is 0.862 bits per heavy atom. The smallest absolute Gasteiger partial charge is 0.0543 e. The number of hydrogen-bond acceptors (Lipinski definition) is 1. The molecule has 0 aromatic heterocycles. The van der Waals surface area contributed by atoms with E-state index in [0.717, 1.165) is 54.3 Å². The second-order valence-corrected chi connectivity index (χ2v) is 12.8. The Morgan fingerprint density at radius 3 is 2.34 bits per heavy atom. The van der Waals surface area contributed by atoms with Crippen LogP contribution in [-0.4, -0.2) is 11.2 Å². The highest BCUT2D eigenvalue weighted by Crippen LogP contribution is 2.67. The number of aliphatic hydroxyl groups excluding tert-OH is 1. The van der Waals surface area contributed by atoms with Crippen LogP contribution in [0.2, 0.25) is 0 Å². The van der Waals surface area contributed by atoms with E-state index in [-0.39, 0.29) is 6.10 Å². The van der Waals surface area contributed by atoms with Crippen molar-refractivity contribution in [1.82, 2.24) is 0 Å². The Balaban J connectivity index is 1.48. The Labute approximate surface area is 181 Å². The normalized spacial score (nSPS) is 49.5. The van der Waals surface area contributed by atoms with E-state index in [4.69, 9.17) is 0 Å². The van der Waals surface area contributed by atoms with Gasteiger partial charge in [0.05, 0.1) is 6.10 Å². The Morgan fingerprint density at radius 2 is 1.62 bits per heavy atom. The fourth-order valence-electron chi connectivity index (χ4n) is 8.48. The number of aliphatic hydroxyl groups is 1. The molecule has 0 aromatic rings. The maximum absolute atomic E-state index is 10.3. The van der Waals surface area contributed by atoms with Gasteiger partial charge < -0.3 is 5.11 Å². The fraction of sp³-hybridized carbons (Fsp3) is 0.929. The van der Waals surface area contributed by atoms with Gasteiger partial charge >= 0.3 is 0 Å². The lowest BCUT2D eigenvalue weighted by Crippen LogP contribution is -2.53. The predicted molar refractivity (Wildman–Crippen MR) is 124 cm³/mol. The zero-order chi connectivity index (χ0) is 21.0. The molecule has 4 saturated carbocycles. The summed E-state index contributed by atoms with van der Waals surface area (Å²) in [7, 11) is 0. The molecule has 1 nitrogen and oxygen atoms in total. The van der Waals surface area contributed by atoms with Crippen LogP contribution >= 0.6 is 0 Å². The first-order valence-corrected chi connectivity index (χ1v) is 13.0. The van der Waals surface area contributed by atoms with Crippen molar-refractivity contribution >= 4 is 0 Å². The van der Waals surface area contributed by atoms with Gasteiger partial charge in [-0.15, -0.1) is 0 Å². The van der Waals surface area contributed by atoms with Gasteiger partial charge in [-0.1, -0.05) is 53.7 Å². The minimum Gasteiger partial charge on any atom is -0.393 e. The molecule has 4 aliphatic rings. The molecule has 1 N–H and O–H groups in total. The van der Waals surface area contributed by atoms with Crippen molar-refractivity contribution in [2.24, 2.45) is 58.2 Å². The zero-order valence-electron chi connectivity index (χ0n) is 20.2. The third-order valence-electron chi connectivity index (χ3n) is 11.0.